The van der Waals surface area contributed by atoms with Crippen molar-refractivity contribution < 1.29 is 14.3 Å². The second-order valence-electron chi connectivity index (χ2n) is 8.80. The Morgan fingerprint density at radius 2 is 1.59 bits per heavy atom. The molecule has 3 nitrogen and oxygen atoms in total. The molecule has 172 valence electrons. The van der Waals surface area contributed by atoms with E-state index in [-0.39, 0.29) is 18.2 Å². The van der Waals surface area contributed by atoms with Crippen LogP contribution in [-0.2, 0) is 4.79 Å². The van der Waals surface area contributed by atoms with Gasteiger partial charge in [-0.2, -0.15) is 0 Å². The van der Waals surface area contributed by atoms with Crippen molar-refractivity contribution in [3.63, 3.8) is 0 Å². The van der Waals surface area contributed by atoms with Crippen LogP contribution in [0.3, 0.4) is 0 Å². The highest BCUT2D eigenvalue weighted by Gasteiger charge is 2.12. The molecule has 0 bridgehead atoms. The Hall–Kier alpha value is -3.50. The predicted molar refractivity (Wildman–Crippen MR) is 142 cm³/mol. The smallest absolute Gasteiger partial charge is 0.185 e. The number of carbonyl (C=O) groups is 2. The van der Waals surface area contributed by atoms with Gasteiger partial charge in [0.15, 0.2) is 11.6 Å². The number of fused-ring (bicyclic) bond motifs is 1. The van der Waals surface area contributed by atoms with E-state index in [1.807, 2.05) is 32.1 Å². The van der Waals surface area contributed by atoms with Gasteiger partial charge < -0.3 is 4.74 Å². The van der Waals surface area contributed by atoms with Crippen LogP contribution in [0.1, 0.15) is 45.1 Å². The van der Waals surface area contributed by atoms with E-state index in [1.165, 1.54) is 33.0 Å². The van der Waals surface area contributed by atoms with Crippen LogP contribution in [-0.4, -0.2) is 18.2 Å². The van der Waals surface area contributed by atoms with Gasteiger partial charge in [0.1, 0.15) is 12.4 Å². The number of aryl methyl sites for hydroxylation is 4. The Kier molecular flexibility index (Phi) is 6.80. The minimum absolute atomic E-state index is 0.0315. The van der Waals surface area contributed by atoms with E-state index in [0.29, 0.717) is 11.3 Å². The molecule has 0 N–H and O–H groups in total. The minimum atomic E-state index is -0.0623. The summed E-state index contributed by atoms with van der Waals surface area (Å²) in [7, 11) is 0. The number of carbonyl (C=O) groups excluding carboxylic acids is 2. The molecule has 4 heteroatoms. The summed E-state index contributed by atoms with van der Waals surface area (Å²) in [6.07, 6.45) is 3.54. The third-order valence-corrected chi connectivity index (χ3v) is 7.03. The van der Waals surface area contributed by atoms with Crippen molar-refractivity contribution in [1.82, 2.24) is 0 Å². The average Bonchev–Trinajstić information content (AvgIpc) is 3.21. The molecule has 0 radical (unpaired) electrons. The second kappa shape index (κ2) is 9.78. The number of ketones is 2. The van der Waals surface area contributed by atoms with Crippen LogP contribution in [0, 0.1) is 27.7 Å². The zero-order valence-electron chi connectivity index (χ0n) is 20.2. The lowest BCUT2D eigenvalue weighted by atomic mass is 9.97. The van der Waals surface area contributed by atoms with E-state index in [2.05, 4.69) is 56.3 Å². The Labute approximate surface area is 204 Å². The third kappa shape index (κ3) is 5.02. The summed E-state index contributed by atoms with van der Waals surface area (Å²) in [6.45, 7) is 9.51. The van der Waals surface area contributed by atoms with Crippen LogP contribution in [0.15, 0.2) is 60.7 Å². The van der Waals surface area contributed by atoms with Crippen LogP contribution in [0.5, 0.6) is 5.75 Å². The zero-order chi connectivity index (χ0) is 24.4. The summed E-state index contributed by atoms with van der Waals surface area (Å²) in [5, 5.41) is 1.25. The molecule has 4 rings (SSSR count). The first kappa shape index (κ1) is 23.7. The molecule has 0 amide bonds. The fourth-order valence-electron chi connectivity index (χ4n) is 4.18. The van der Waals surface area contributed by atoms with Crippen molar-refractivity contribution in [1.29, 1.82) is 0 Å². The molecular weight excluding hydrogens is 440 g/mol. The van der Waals surface area contributed by atoms with E-state index in [1.54, 1.807) is 17.4 Å². The fraction of sp³-hybridized carbons (Fsp3) is 0.200. The van der Waals surface area contributed by atoms with Gasteiger partial charge >= 0.3 is 0 Å². The summed E-state index contributed by atoms with van der Waals surface area (Å²) < 4.78 is 6.89. The molecule has 0 aliphatic rings. The van der Waals surface area contributed by atoms with E-state index in [0.717, 1.165) is 22.3 Å². The molecule has 0 aliphatic heterocycles. The molecule has 0 unspecified atom stereocenters. The maximum absolute atomic E-state index is 13.0. The van der Waals surface area contributed by atoms with Crippen molar-refractivity contribution in [3.8, 4) is 16.2 Å². The van der Waals surface area contributed by atoms with Gasteiger partial charge in [0.05, 0.1) is 0 Å². The molecule has 1 aromatic heterocycles. The molecule has 0 saturated carbocycles. The summed E-state index contributed by atoms with van der Waals surface area (Å²) in [5.41, 5.74) is 6.87. The quantitative estimate of drug-likeness (QED) is 0.206. The Balaban J connectivity index is 1.62. The molecule has 0 aliphatic carbocycles. The normalized spacial score (nSPS) is 11.3. The zero-order valence-corrected chi connectivity index (χ0v) is 21.0. The van der Waals surface area contributed by atoms with Gasteiger partial charge in [-0.15, -0.1) is 11.3 Å². The van der Waals surface area contributed by atoms with E-state index < -0.39 is 0 Å². The van der Waals surface area contributed by atoms with Crippen molar-refractivity contribution >= 4 is 39.1 Å². The summed E-state index contributed by atoms with van der Waals surface area (Å²) in [5.74, 6) is 0.566. The van der Waals surface area contributed by atoms with Crippen molar-refractivity contribution in [2.45, 2.75) is 34.6 Å². The molecule has 0 fully saturated rings. The lowest BCUT2D eigenvalue weighted by molar-refractivity contribution is -0.118. The molecule has 34 heavy (non-hydrogen) atoms. The Bertz CT molecular complexity index is 1380. The minimum Gasteiger partial charge on any atom is -0.485 e. The molecule has 4 aromatic rings. The summed E-state index contributed by atoms with van der Waals surface area (Å²) in [6, 6.07) is 18.6. The first-order valence-corrected chi connectivity index (χ1v) is 12.1. The number of Topliss-reactive ketones (excluding diaryl/α,β-unsaturated/α-hetero) is 1. The number of hydrogen-bond acceptors (Lipinski definition) is 4. The molecular formula is C30H28O3S. The number of benzene rings is 3. The predicted octanol–water partition coefficient (Wildman–Crippen LogP) is 7.67. The van der Waals surface area contributed by atoms with Crippen molar-refractivity contribution in [3.05, 3.63) is 94.1 Å². The van der Waals surface area contributed by atoms with Gasteiger partial charge in [0.2, 0.25) is 0 Å². The number of ether oxygens (including phenoxy) is 1. The Morgan fingerprint density at radius 3 is 2.26 bits per heavy atom. The van der Waals surface area contributed by atoms with Gasteiger partial charge in [-0.1, -0.05) is 30.3 Å². The van der Waals surface area contributed by atoms with E-state index >= 15 is 0 Å². The van der Waals surface area contributed by atoms with Gasteiger partial charge in [-0.3, -0.25) is 9.59 Å². The first-order valence-electron chi connectivity index (χ1n) is 11.3. The number of allylic oxidation sites excluding steroid dienone is 1. The molecule has 0 spiro atoms. The number of hydrogen-bond donors (Lipinski definition) is 0. The van der Waals surface area contributed by atoms with Crippen molar-refractivity contribution in [2.24, 2.45) is 0 Å². The highest BCUT2D eigenvalue weighted by atomic mass is 32.1. The van der Waals surface area contributed by atoms with Crippen LogP contribution in [0.4, 0.5) is 0 Å². The maximum atomic E-state index is 13.0. The van der Waals surface area contributed by atoms with E-state index in [4.69, 9.17) is 4.74 Å². The molecule has 0 atom stereocenters. The lowest BCUT2D eigenvalue weighted by Gasteiger charge is -2.12. The van der Waals surface area contributed by atoms with Crippen LogP contribution < -0.4 is 4.74 Å². The highest BCUT2D eigenvalue weighted by molar-refractivity contribution is 7.22. The molecule has 1 heterocycles. The highest BCUT2D eigenvalue weighted by Crippen LogP contribution is 2.36. The third-order valence-electron chi connectivity index (χ3n) is 5.88. The largest absolute Gasteiger partial charge is 0.485 e. The van der Waals surface area contributed by atoms with E-state index in [9.17, 15) is 9.59 Å². The standard InChI is InChI=1S/C30H28O3S/c1-18-12-19(2)26(29-16-24-8-6-7-9-28(24)34-29)15-23(18)10-11-27(32)25-13-20(3)30(21(4)14-25)33-17-22(5)31/h6-16H,17H2,1-5H3/b11-10+. The van der Waals surface area contributed by atoms with Gasteiger partial charge in [-0.05, 0) is 110 Å². The maximum Gasteiger partial charge on any atom is 0.185 e. The second-order valence-corrected chi connectivity index (χ2v) is 9.88. The first-order chi connectivity index (χ1) is 16.2. The van der Waals surface area contributed by atoms with Gasteiger partial charge in [0, 0.05) is 15.1 Å². The number of thiophene rings is 1. The topological polar surface area (TPSA) is 43.4 Å². The Morgan fingerprint density at radius 1 is 0.882 bits per heavy atom. The monoisotopic (exact) mass is 468 g/mol. The van der Waals surface area contributed by atoms with Gasteiger partial charge in [-0.25, -0.2) is 0 Å². The van der Waals surface area contributed by atoms with Crippen LogP contribution >= 0.6 is 11.3 Å². The fourth-order valence-corrected chi connectivity index (χ4v) is 5.33. The molecule has 3 aromatic carbocycles. The average molecular weight is 469 g/mol. The lowest BCUT2D eigenvalue weighted by Crippen LogP contribution is -2.09. The summed E-state index contributed by atoms with van der Waals surface area (Å²) in [4.78, 5) is 25.5. The van der Waals surface area contributed by atoms with Crippen molar-refractivity contribution in [2.75, 3.05) is 6.61 Å². The SMILES string of the molecule is CC(=O)COc1c(C)cc(C(=O)/C=C/c2cc(-c3cc4ccccc4s3)c(C)cc2C)cc1C. The van der Waals surface area contributed by atoms with Gasteiger partial charge in [0.25, 0.3) is 0 Å². The van der Waals surface area contributed by atoms with Crippen LogP contribution in [0.2, 0.25) is 0 Å². The number of rotatable bonds is 7. The molecule has 0 saturated heterocycles. The summed E-state index contributed by atoms with van der Waals surface area (Å²) >= 11 is 1.79. The van der Waals surface area contributed by atoms with Crippen LogP contribution in [0.25, 0.3) is 26.6 Å².